The fourth-order valence-electron chi connectivity index (χ4n) is 3.26. The summed E-state index contributed by atoms with van der Waals surface area (Å²) in [7, 11) is -6.98. The van der Waals surface area contributed by atoms with Crippen LogP contribution in [0.3, 0.4) is 0 Å². The summed E-state index contributed by atoms with van der Waals surface area (Å²) in [5.74, 6) is 0. The van der Waals surface area contributed by atoms with Gasteiger partial charge in [0.05, 0.1) is 11.2 Å². The Balaban J connectivity index is 2.33. The first-order chi connectivity index (χ1) is 10.5. The highest BCUT2D eigenvalue weighted by molar-refractivity contribution is 7.89. The van der Waals surface area contributed by atoms with Crippen molar-refractivity contribution >= 4 is 20.0 Å². The molecule has 23 heavy (non-hydrogen) atoms. The number of aryl methyl sites for hydroxylation is 3. The Morgan fingerprint density at radius 3 is 2.17 bits per heavy atom. The van der Waals surface area contributed by atoms with Crippen molar-refractivity contribution < 1.29 is 16.8 Å². The molecule has 1 heterocycles. The van der Waals surface area contributed by atoms with Crippen molar-refractivity contribution in [2.24, 2.45) is 0 Å². The first-order valence-corrected chi connectivity index (χ1v) is 10.9. The number of sulfonamides is 2. The maximum absolute atomic E-state index is 13.0. The summed E-state index contributed by atoms with van der Waals surface area (Å²) in [6, 6.07) is 3.34. The van der Waals surface area contributed by atoms with E-state index >= 15 is 0 Å². The first kappa shape index (κ1) is 18.4. The molecule has 1 unspecified atom stereocenters. The Morgan fingerprint density at radius 2 is 1.65 bits per heavy atom. The molecule has 1 fully saturated rings. The summed E-state index contributed by atoms with van der Waals surface area (Å²) in [5, 5.41) is 0. The number of rotatable bonds is 4. The van der Waals surface area contributed by atoms with Gasteiger partial charge < -0.3 is 0 Å². The molecule has 1 aromatic carbocycles. The molecule has 8 heteroatoms. The lowest BCUT2D eigenvalue weighted by Gasteiger charge is -2.32. The molecule has 0 amide bonds. The average Bonchev–Trinajstić information content (AvgIpc) is 2.35. The van der Waals surface area contributed by atoms with Crippen LogP contribution in [-0.2, 0) is 20.0 Å². The van der Waals surface area contributed by atoms with Gasteiger partial charge in [0.1, 0.15) is 0 Å². The zero-order valence-corrected chi connectivity index (χ0v) is 15.6. The molecule has 0 bridgehead atoms. The monoisotopic (exact) mass is 360 g/mol. The highest BCUT2D eigenvalue weighted by atomic mass is 32.2. The molecule has 1 aliphatic rings. The second-order valence-corrected chi connectivity index (χ2v) is 9.97. The molecule has 0 radical (unpaired) electrons. The highest BCUT2D eigenvalue weighted by Gasteiger charge is 2.33. The smallest absolute Gasteiger partial charge is 0.213 e. The third-order valence-electron chi connectivity index (χ3n) is 3.97. The summed E-state index contributed by atoms with van der Waals surface area (Å²) in [4.78, 5) is 0.336. The van der Waals surface area contributed by atoms with Gasteiger partial charge in [-0.25, -0.2) is 21.6 Å². The van der Waals surface area contributed by atoms with Gasteiger partial charge in [0.25, 0.3) is 0 Å². The third kappa shape index (κ3) is 4.32. The van der Waals surface area contributed by atoms with Crippen LogP contribution in [0.15, 0.2) is 17.0 Å². The Kier molecular flexibility index (Phi) is 5.20. The molecular weight excluding hydrogens is 336 g/mol. The van der Waals surface area contributed by atoms with Crippen molar-refractivity contribution in [3.63, 3.8) is 0 Å². The van der Waals surface area contributed by atoms with Crippen LogP contribution in [0.4, 0.5) is 0 Å². The fraction of sp³-hybridized carbons (Fsp3) is 0.600. The predicted octanol–water partition coefficient (Wildman–Crippen LogP) is 1.31. The van der Waals surface area contributed by atoms with Crippen molar-refractivity contribution in [2.75, 3.05) is 19.3 Å². The Bertz CT molecular complexity index is 778. The van der Waals surface area contributed by atoms with E-state index < -0.39 is 20.0 Å². The van der Waals surface area contributed by atoms with Crippen LogP contribution in [0.2, 0.25) is 0 Å². The maximum atomic E-state index is 13.0. The second kappa shape index (κ2) is 6.51. The van der Waals surface area contributed by atoms with Gasteiger partial charge in [0, 0.05) is 19.1 Å². The van der Waals surface area contributed by atoms with Gasteiger partial charge in [-0.2, -0.15) is 4.31 Å². The maximum Gasteiger partial charge on any atom is 0.243 e. The Labute approximate surface area is 139 Å². The number of hydrogen-bond acceptors (Lipinski definition) is 4. The summed E-state index contributed by atoms with van der Waals surface area (Å²) in [6.07, 6.45) is 2.37. The number of hydrogen-bond donors (Lipinski definition) is 1. The average molecular weight is 361 g/mol. The van der Waals surface area contributed by atoms with E-state index in [1.807, 2.05) is 19.1 Å². The standard InChI is InChI=1S/C15H24N2O4S2/c1-11-8-12(2)15(13(3)9-11)23(20,21)17-7-5-6-14(10-17)16-22(4,18)19/h8-9,14,16H,5-7,10H2,1-4H3. The summed E-state index contributed by atoms with van der Waals surface area (Å²) in [6.45, 7) is 6.11. The van der Waals surface area contributed by atoms with Crippen LogP contribution in [0.5, 0.6) is 0 Å². The van der Waals surface area contributed by atoms with E-state index in [0.29, 0.717) is 24.3 Å². The molecule has 0 aliphatic carbocycles. The molecule has 1 saturated heterocycles. The summed E-state index contributed by atoms with van der Waals surface area (Å²) >= 11 is 0. The number of piperidine rings is 1. The minimum atomic E-state index is -3.63. The summed E-state index contributed by atoms with van der Waals surface area (Å²) in [5.41, 5.74) is 2.47. The number of nitrogens with one attached hydrogen (secondary N) is 1. The first-order valence-electron chi connectivity index (χ1n) is 7.56. The zero-order chi connectivity index (χ0) is 17.4. The molecule has 1 aromatic rings. The van der Waals surface area contributed by atoms with Crippen LogP contribution >= 0.6 is 0 Å². The van der Waals surface area contributed by atoms with E-state index in [1.54, 1.807) is 13.8 Å². The molecule has 0 aromatic heterocycles. The van der Waals surface area contributed by atoms with Crippen LogP contribution in [0.25, 0.3) is 0 Å². The normalized spacial score (nSPS) is 20.6. The highest BCUT2D eigenvalue weighted by Crippen LogP contribution is 2.27. The largest absolute Gasteiger partial charge is 0.243 e. The van der Waals surface area contributed by atoms with E-state index in [1.165, 1.54) is 4.31 Å². The zero-order valence-electron chi connectivity index (χ0n) is 14.0. The third-order valence-corrected chi connectivity index (χ3v) is 6.90. The number of benzene rings is 1. The van der Waals surface area contributed by atoms with E-state index in [4.69, 9.17) is 0 Å². The van der Waals surface area contributed by atoms with Crippen molar-refractivity contribution in [3.8, 4) is 0 Å². The van der Waals surface area contributed by atoms with E-state index in [9.17, 15) is 16.8 Å². The van der Waals surface area contributed by atoms with Crippen molar-refractivity contribution in [1.82, 2.24) is 9.03 Å². The fourth-order valence-corrected chi connectivity index (χ4v) is 6.00. The lowest BCUT2D eigenvalue weighted by atomic mass is 10.1. The molecule has 2 rings (SSSR count). The van der Waals surface area contributed by atoms with E-state index in [-0.39, 0.29) is 12.6 Å². The van der Waals surface area contributed by atoms with Crippen molar-refractivity contribution in [1.29, 1.82) is 0 Å². The van der Waals surface area contributed by atoms with E-state index in [2.05, 4.69) is 4.72 Å². The van der Waals surface area contributed by atoms with Crippen LogP contribution in [0.1, 0.15) is 29.5 Å². The summed E-state index contributed by atoms with van der Waals surface area (Å²) < 4.78 is 52.7. The predicted molar refractivity (Wildman–Crippen MR) is 90.4 cm³/mol. The Morgan fingerprint density at radius 1 is 1.09 bits per heavy atom. The van der Waals surface area contributed by atoms with Gasteiger partial charge in [-0.3, -0.25) is 0 Å². The second-order valence-electron chi connectivity index (χ2n) is 6.32. The van der Waals surface area contributed by atoms with E-state index in [0.717, 1.165) is 22.9 Å². The minimum Gasteiger partial charge on any atom is -0.213 e. The van der Waals surface area contributed by atoms with Crippen molar-refractivity contribution in [3.05, 3.63) is 28.8 Å². The molecule has 0 saturated carbocycles. The molecule has 130 valence electrons. The van der Waals surface area contributed by atoms with Crippen LogP contribution in [-0.4, -0.2) is 46.5 Å². The molecule has 1 N–H and O–H groups in total. The molecule has 6 nitrogen and oxygen atoms in total. The SMILES string of the molecule is Cc1cc(C)c(S(=O)(=O)N2CCCC(NS(C)(=O)=O)C2)c(C)c1. The number of nitrogens with zero attached hydrogens (tertiary/aromatic N) is 1. The molecular formula is C15H24N2O4S2. The minimum absolute atomic E-state index is 0.169. The quantitative estimate of drug-likeness (QED) is 0.878. The van der Waals surface area contributed by atoms with Gasteiger partial charge in [0.2, 0.25) is 20.0 Å². The van der Waals surface area contributed by atoms with Gasteiger partial charge in [-0.1, -0.05) is 17.7 Å². The molecule has 1 aliphatic heterocycles. The van der Waals surface area contributed by atoms with Crippen molar-refractivity contribution in [2.45, 2.75) is 44.6 Å². The Hall–Kier alpha value is -0.960. The lowest BCUT2D eigenvalue weighted by molar-refractivity contribution is 0.303. The van der Waals surface area contributed by atoms with Crippen LogP contribution in [0, 0.1) is 20.8 Å². The van der Waals surface area contributed by atoms with Gasteiger partial charge in [-0.15, -0.1) is 0 Å². The molecule has 1 atom stereocenters. The molecule has 0 spiro atoms. The van der Waals surface area contributed by atoms with Gasteiger partial charge >= 0.3 is 0 Å². The van der Waals surface area contributed by atoms with Crippen LogP contribution < -0.4 is 4.72 Å². The van der Waals surface area contributed by atoms with Gasteiger partial charge in [0.15, 0.2) is 0 Å². The topological polar surface area (TPSA) is 83.6 Å². The van der Waals surface area contributed by atoms with Gasteiger partial charge in [-0.05, 0) is 44.7 Å². The lowest BCUT2D eigenvalue weighted by Crippen LogP contribution is -2.49.